The van der Waals surface area contributed by atoms with E-state index in [1.165, 1.54) is 32.4 Å². The van der Waals surface area contributed by atoms with Crippen molar-refractivity contribution in [1.29, 1.82) is 0 Å². The van der Waals surface area contributed by atoms with Crippen molar-refractivity contribution in [1.82, 2.24) is 4.90 Å². The highest BCUT2D eigenvalue weighted by Crippen LogP contribution is 2.37. The number of ether oxygens (including phenoxy) is 3. The second kappa shape index (κ2) is 10.1. The van der Waals surface area contributed by atoms with Gasteiger partial charge in [-0.05, 0) is 66.9 Å². The van der Waals surface area contributed by atoms with Gasteiger partial charge < -0.3 is 19.3 Å². The minimum absolute atomic E-state index is 0.0290. The number of hydrogen-bond donors (Lipinski definition) is 1. The molecule has 1 N–H and O–H groups in total. The highest BCUT2D eigenvalue weighted by atomic mass is 16.5. The van der Waals surface area contributed by atoms with E-state index in [2.05, 4.69) is 23.1 Å². The number of piperidine rings is 1. The minimum Gasteiger partial charge on any atom is -0.507 e. The van der Waals surface area contributed by atoms with Gasteiger partial charge in [0.05, 0.1) is 19.3 Å². The molecule has 0 spiro atoms. The normalized spacial score (nSPS) is 21.8. The molecular formula is C30H33NO5. The van der Waals surface area contributed by atoms with E-state index in [4.69, 9.17) is 14.2 Å². The number of carbonyl (C=O) groups excluding carboxylic acids is 1. The Balaban J connectivity index is 1.20. The predicted molar refractivity (Wildman–Crippen MR) is 138 cm³/mol. The lowest BCUT2D eigenvalue weighted by Crippen LogP contribution is -2.33. The molecule has 0 amide bonds. The van der Waals surface area contributed by atoms with E-state index < -0.39 is 0 Å². The van der Waals surface area contributed by atoms with Gasteiger partial charge in [0, 0.05) is 41.8 Å². The number of nitrogens with zero attached hydrogens (tertiary/aromatic N) is 1. The zero-order valence-electron chi connectivity index (χ0n) is 20.6. The molecule has 2 aromatic rings. The maximum atomic E-state index is 12.9. The summed E-state index contributed by atoms with van der Waals surface area (Å²) in [5.74, 6) is 1.81. The molecule has 3 heterocycles. The number of hydrogen-bond acceptors (Lipinski definition) is 6. The highest BCUT2D eigenvalue weighted by Gasteiger charge is 2.29. The van der Waals surface area contributed by atoms with Crippen molar-refractivity contribution in [3.63, 3.8) is 0 Å². The van der Waals surface area contributed by atoms with Gasteiger partial charge in [-0.1, -0.05) is 24.6 Å². The first kappa shape index (κ1) is 23.3. The average molecular weight is 488 g/mol. The molecule has 0 aromatic heterocycles. The second-order valence-corrected chi connectivity index (χ2v) is 10.1. The van der Waals surface area contributed by atoms with Crippen LogP contribution in [0.2, 0.25) is 0 Å². The van der Waals surface area contributed by atoms with Crippen LogP contribution >= 0.6 is 0 Å². The summed E-state index contributed by atoms with van der Waals surface area (Å²) in [7, 11) is 0. The Morgan fingerprint density at radius 2 is 1.94 bits per heavy atom. The van der Waals surface area contributed by atoms with Crippen molar-refractivity contribution in [3.8, 4) is 17.2 Å². The molecule has 188 valence electrons. The van der Waals surface area contributed by atoms with Crippen molar-refractivity contribution >= 4 is 17.4 Å². The summed E-state index contributed by atoms with van der Waals surface area (Å²) in [4.78, 5) is 15.4. The highest BCUT2D eigenvalue weighted by molar-refractivity contribution is 5.97. The first-order valence-corrected chi connectivity index (χ1v) is 13.2. The van der Waals surface area contributed by atoms with Crippen LogP contribution < -0.4 is 19.9 Å². The first-order chi connectivity index (χ1) is 17.7. The molecule has 6 nitrogen and oxygen atoms in total. The molecule has 1 aliphatic carbocycles. The summed E-state index contributed by atoms with van der Waals surface area (Å²) in [6, 6.07) is 9.86. The van der Waals surface area contributed by atoms with Crippen LogP contribution in [0.3, 0.4) is 0 Å². The lowest BCUT2D eigenvalue weighted by Gasteiger charge is -2.28. The number of rotatable bonds is 5. The quantitative estimate of drug-likeness (QED) is 0.699. The van der Waals surface area contributed by atoms with Crippen LogP contribution in [0.1, 0.15) is 49.3 Å². The summed E-state index contributed by atoms with van der Waals surface area (Å²) >= 11 is 0. The molecule has 0 bridgehead atoms. The van der Waals surface area contributed by atoms with E-state index in [1.54, 1.807) is 12.1 Å². The zero-order valence-corrected chi connectivity index (χ0v) is 20.6. The Labute approximate surface area is 211 Å². The van der Waals surface area contributed by atoms with Crippen molar-refractivity contribution in [2.75, 3.05) is 39.5 Å². The Kier molecular flexibility index (Phi) is 6.55. The van der Waals surface area contributed by atoms with E-state index in [1.807, 2.05) is 12.1 Å². The topological polar surface area (TPSA) is 68.2 Å². The molecule has 6 rings (SSSR count). The molecule has 2 saturated heterocycles. The molecule has 36 heavy (non-hydrogen) atoms. The van der Waals surface area contributed by atoms with Crippen LogP contribution in [0.4, 0.5) is 0 Å². The Morgan fingerprint density at radius 3 is 2.78 bits per heavy atom. The van der Waals surface area contributed by atoms with Gasteiger partial charge in [-0.15, -0.1) is 0 Å². The number of fused-ring (bicyclic) bond motifs is 4. The fourth-order valence-corrected chi connectivity index (χ4v) is 5.86. The Hall–Kier alpha value is -3.09. The van der Waals surface area contributed by atoms with Gasteiger partial charge in [0.2, 0.25) is 0 Å². The summed E-state index contributed by atoms with van der Waals surface area (Å²) in [6.07, 6.45) is 9.17. The molecule has 4 aliphatic rings. The van der Waals surface area contributed by atoms with Gasteiger partial charge in [-0.3, -0.25) is 9.69 Å². The maximum absolute atomic E-state index is 12.9. The summed E-state index contributed by atoms with van der Waals surface area (Å²) < 4.78 is 18.2. The number of phenolic OH excluding ortho intramolecular Hbond substituents is 1. The number of ketones is 1. The first-order valence-electron chi connectivity index (χ1n) is 13.2. The van der Waals surface area contributed by atoms with E-state index in [9.17, 15) is 9.90 Å². The number of benzene rings is 2. The number of phenols is 1. The summed E-state index contributed by atoms with van der Waals surface area (Å²) in [5, 5.41) is 12.5. The molecule has 0 saturated carbocycles. The molecule has 0 radical (unpaired) electrons. The van der Waals surface area contributed by atoms with E-state index >= 15 is 0 Å². The summed E-state index contributed by atoms with van der Waals surface area (Å²) in [5.41, 5.74) is 3.66. The summed E-state index contributed by atoms with van der Waals surface area (Å²) in [6.45, 7) is 4.94. The van der Waals surface area contributed by atoms with Gasteiger partial charge in [0.15, 0.2) is 5.78 Å². The fourth-order valence-electron chi connectivity index (χ4n) is 5.86. The van der Waals surface area contributed by atoms with Gasteiger partial charge in [-0.2, -0.15) is 0 Å². The monoisotopic (exact) mass is 487 g/mol. The zero-order chi connectivity index (χ0) is 24.5. The van der Waals surface area contributed by atoms with Crippen LogP contribution in [0.5, 0.6) is 17.2 Å². The van der Waals surface area contributed by atoms with Crippen LogP contribution in [0, 0.1) is 0 Å². The Morgan fingerprint density at radius 1 is 1.11 bits per heavy atom. The average Bonchev–Trinajstić information content (AvgIpc) is 3.05. The number of likely N-dealkylation sites (tertiary alicyclic amines) is 1. The lowest BCUT2D eigenvalue weighted by atomic mass is 9.91. The van der Waals surface area contributed by atoms with E-state index in [-0.39, 0.29) is 24.1 Å². The van der Waals surface area contributed by atoms with Gasteiger partial charge >= 0.3 is 0 Å². The second-order valence-electron chi connectivity index (χ2n) is 10.1. The van der Waals surface area contributed by atoms with Crippen LogP contribution in [-0.2, 0) is 16.0 Å². The van der Waals surface area contributed by atoms with Crippen molar-refractivity contribution in [2.24, 2.45) is 0 Å². The predicted octanol–water partition coefficient (Wildman–Crippen LogP) is 3.18. The molecule has 2 fully saturated rings. The number of allylic oxidation sites excluding steroid dienone is 1. The van der Waals surface area contributed by atoms with Crippen molar-refractivity contribution in [2.45, 2.75) is 44.6 Å². The largest absolute Gasteiger partial charge is 0.507 e. The van der Waals surface area contributed by atoms with Crippen LogP contribution in [-0.4, -0.2) is 55.2 Å². The van der Waals surface area contributed by atoms with E-state index in [0.29, 0.717) is 31.5 Å². The van der Waals surface area contributed by atoms with E-state index in [0.717, 1.165) is 52.0 Å². The van der Waals surface area contributed by atoms with Crippen LogP contribution in [0.15, 0.2) is 42.0 Å². The fraction of sp³-hybridized carbons (Fsp3) is 0.433. The molecular weight excluding hydrogens is 454 g/mol. The Bertz CT molecular complexity index is 1300. The minimum atomic E-state index is -0.152. The molecule has 6 heteroatoms. The van der Waals surface area contributed by atoms with Gasteiger partial charge in [0.1, 0.15) is 23.9 Å². The number of carbonyl (C=O) groups is 1. The van der Waals surface area contributed by atoms with Crippen molar-refractivity contribution < 1.29 is 24.1 Å². The van der Waals surface area contributed by atoms with Crippen molar-refractivity contribution in [3.05, 3.63) is 63.5 Å². The SMILES string of the molecule is O=C1C=C2CC(c3ccc(OCCN4CCCCC4)cc3)OCC2=c2c(O)cc3c(c2C1)OCCC=3. The number of aromatic hydroxyl groups is 1. The molecule has 1 atom stereocenters. The third kappa shape index (κ3) is 4.67. The molecule has 1 unspecified atom stereocenters. The smallest absolute Gasteiger partial charge is 0.160 e. The lowest BCUT2D eigenvalue weighted by molar-refractivity contribution is -0.114. The standard InChI is InChI=1S/C30H33NO5/c32-23-15-22-17-28(20-6-8-24(9-7-20)34-14-12-31-10-2-1-3-11-31)36-19-26(22)29-25(18-23)30-21(16-27(29)33)5-4-13-35-30/h5-9,15-16,28,33H,1-4,10-14,17-19H2. The third-order valence-corrected chi connectivity index (χ3v) is 7.70. The van der Waals surface area contributed by atoms with Gasteiger partial charge in [-0.25, -0.2) is 0 Å². The molecule has 2 aromatic carbocycles. The maximum Gasteiger partial charge on any atom is 0.160 e. The third-order valence-electron chi connectivity index (χ3n) is 7.70. The van der Waals surface area contributed by atoms with Gasteiger partial charge in [0.25, 0.3) is 0 Å². The molecule has 3 aliphatic heterocycles. The van der Waals surface area contributed by atoms with Crippen LogP contribution in [0.25, 0.3) is 11.6 Å².